The molecule has 0 radical (unpaired) electrons. The molecule has 94 valence electrons. The standard InChI is InChI=1S/C14H16FN3/c1-10-4-5-13(15)12(7-10)14(18-16)8-11-3-2-6-17-9-11/h2-7,9,14,18H,8,16H2,1H3. The third kappa shape index (κ3) is 2.91. The number of hydrogen-bond acceptors (Lipinski definition) is 3. The van der Waals surface area contributed by atoms with E-state index in [0.717, 1.165) is 11.1 Å². The number of nitrogens with two attached hydrogens (primary N) is 1. The van der Waals surface area contributed by atoms with Gasteiger partial charge in [0, 0.05) is 18.0 Å². The molecule has 1 aromatic heterocycles. The molecule has 2 rings (SSSR count). The Kier molecular flexibility index (Phi) is 4.02. The Morgan fingerprint density at radius 1 is 1.39 bits per heavy atom. The van der Waals surface area contributed by atoms with Crippen LogP contribution in [0.1, 0.15) is 22.7 Å². The molecular formula is C14H16FN3. The maximum Gasteiger partial charge on any atom is 0.128 e. The predicted molar refractivity (Wildman–Crippen MR) is 69.1 cm³/mol. The average molecular weight is 245 g/mol. The van der Waals surface area contributed by atoms with Crippen molar-refractivity contribution in [2.24, 2.45) is 5.84 Å². The number of rotatable bonds is 4. The van der Waals surface area contributed by atoms with Crippen LogP contribution in [0.5, 0.6) is 0 Å². The summed E-state index contributed by atoms with van der Waals surface area (Å²) < 4.78 is 13.8. The summed E-state index contributed by atoms with van der Waals surface area (Å²) in [6.45, 7) is 1.93. The predicted octanol–water partition coefficient (Wildman–Crippen LogP) is 2.28. The number of hydrazine groups is 1. The fourth-order valence-electron chi connectivity index (χ4n) is 1.94. The van der Waals surface area contributed by atoms with E-state index in [1.165, 1.54) is 6.07 Å². The zero-order valence-electron chi connectivity index (χ0n) is 10.2. The Hall–Kier alpha value is -1.78. The monoisotopic (exact) mass is 245 g/mol. The van der Waals surface area contributed by atoms with Crippen LogP contribution in [-0.2, 0) is 6.42 Å². The third-order valence-electron chi connectivity index (χ3n) is 2.89. The van der Waals surface area contributed by atoms with E-state index in [-0.39, 0.29) is 11.9 Å². The van der Waals surface area contributed by atoms with Gasteiger partial charge in [0.2, 0.25) is 0 Å². The second-order valence-electron chi connectivity index (χ2n) is 4.31. The summed E-state index contributed by atoms with van der Waals surface area (Å²) in [6.07, 6.45) is 4.07. The minimum atomic E-state index is -0.255. The Bertz CT molecular complexity index is 514. The van der Waals surface area contributed by atoms with Crippen LogP contribution in [0.3, 0.4) is 0 Å². The van der Waals surface area contributed by atoms with Gasteiger partial charge in [-0.25, -0.2) is 4.39 Å². The Labute approximate surface area is 106 Å². The molecule has 0 saturated heterocycles. The fraction of sp³-hybridized carbons (Fsp3) is 0.214. The summed E-state index contributed by atoms with van der Waals surface area (Å²) in [5.41, 5.74) is 5.28. The molecule has 0 aliphatic heterocycles. The molecule has 0 bridgehead atoms. The summed E-state index contributed by atoms with van der Waals surface area (Å²) in [5.74, 6) is 5.29. The first kappa shape index (κ1) is 12.7. The average Bonchev–Trinajstić information content (AvgIpc) is 2.40. The Morgan fingerprint density at radius 2 is 2.22 bits per heavy atom. The minimum Gasteiger partial charge on any atom is -0.271 e. The van der Waals surface area contributed by atoms with Gasteiger partial charge in [-0.1, -0.05) is 23.8 Å². The van der Waals surface area contributed by atoms with E-state index in [0.29, 0.717) is 12.0 Å². The van der Waals surface area contributed by atoms with Crippen LogP contribution in [0.25, 0.3) is 0 Å². The van der Waals surface area contributed by atoms with Crippen molar-refractivity contribution in [3.63, 3.8) is 0 Å². The smallest absolute Gasteiger partial charge is 0.128 e. The Balaban J connectivity index is 2.26. The van der Waals surface area contributed by atoms with Gasteiger partial charge in [-0.3, -0.25) is 16.3 Å². The van der Waals surface area contributed by atoms with E-state index >= 15 is 0 Å². The van der Waals surface area contributed by atoms with Crippen molar-refractivity contribution in [2.75, 3.05) is 0 Å². The summed E-state index contributed by atoms with van der Waals surface area (Å²) in [7, 11) is 0. The van der Waals surface area contributed by atoms with Crippen LogP contribution < -0.4 is 11.3 Å². The van der Waals surface area contributed by atoms with Gasteiger partial charge in [0.15, 0.2) is 0 Å². The first-order chi connectivity index (χ1) is 8.70. The highest BCUT2D eigenvalue weighted by Gasteiger charge is 2.15. The van der Waals surface area contributed by atoms with Crippen molar-refractivity contribution in [3.8, 4) is 0 Å². The van der Waals surface area contributed by atoms with Gasteiger partial charge in [0.25, 0.3) is 0 Å². The summed E-state index contributed by atoms with van der Waals surface area (Å²) in [4.78, 5) is 4.04. The van der Waals surface area contributed by atoms with E-state index in [1.54, 1.807) is 18.5 Å². The summed E-state index contributed by atoms with van der Waals surface area (Å²) in [5, 5.41) is 0. The van der Waals surface area contributed by atoms with Crippen molar-refractivity contribution in [2.45, 2.75) is 19.4 Å². The molecule has 1 heterocycles. The molecule has 0 aliphatic rings. The van der Waals surface area contributed by atoms with E-state index in [1.807, 2.05) is 25.1 Å². The zero-order chi connectivity index (χ0) is 13.0. The highest BCUT2D eigenvalue weighted by molar-refractivity contribution is 5.28. The molecule has 1 aromatic carbocycles. The summed E-state index contributed by atoms with van der Waals surface area (Å²) >= 11 is 0. The van der Waals surface area contributed by atoms with Crippen LogP contribution in [0, 0.1) is 12.7 Å². The molecule has 0 aliphatic carbocycles. The molecule has 18 heavy (non-hydrogen) atoms. The molecule has 0 fully saturated rings. The largest absolute Gasteiger partial charge is 0.271 e. The van der Waals surface area contributed by atoms with Gasteiger partial charge in [0.1, 0.15) is 5.82 Å². The molecule has 0 saturated carbocycles. The van der Waals surface area contributed by atoms with Gasteiger partial charge in [-0.2, -0.15) is 0 Å². The molecule has 4 heteroatoms. The van der Waals surface area contributed by atoms with E-state index in [9.17, 15) is 4.39 Å². The highest BCUT2D eigenvalue weighted by Crippen LogP contribution is 2.21. The summed E-state index contributed by atoms with van der Waals surface area (Å²) in [6, 6.07) is 8.58. The number of hydrogen-bond donors (Lipinski definition) is 2. The van der Waals surface area contributed by atoms with Gasteiger partial charge in [-0.05, 0) is 31.0 Å². The molecule has 1 atom stereocenters. The van der Waals surface area contributed by atoms with Crippen LogP contribution in [-0.4, -0.2) is 4.98 Å². The topological polar surface area (TPSA) is 50.9 Å². The first-order valence-corrected chi connectivity index (χ1v) is 5.82. The molecule has 1 unspecified atom stereocenters. The fourth-order valence-corrected chi connectivity index (χ4v) is 1.94. The lowest BCUT2D eigenvalue weighted by atomic mass is 9.98. The molecular weight excluding hydrogens is 229 g/mol. The van der Waals surface area contributed by atoms with Crippen LogP contribution in [0.15, 0.2) is 42.7 Å². The number of nitrogens with zero attached hydrogens (tertiary/aromatic N) is 1. The zero-order valence-corrected chi connectivity index (χ0v) is 10.2. The number of benzene rings is 1. The van der Waals surface area contributed by atoms with Gasteiger partial charge in [0.05, 0.1) is 6.04 Å². The van der Waals surface area contributed by atoms with Crippen molar-refractivity contribution < 1.29 is 4.39 Å². The SMILES string of the molecule is Cc1ccc(F)c(C(Cc2cccnc2)NN)c1. The molecule has 2 aromatic rings. The van der Waals surface area contributed by atoms with E-state index in [2.05, 4.69) is 10.4 Å². The molecule has 0 spiro atoms. The number of aromatic nitrogens is 1. The lowest BCUT2D eigenvalue weighted by Crippen LogP contribution is -2.30. The third-order valence-corrected chi connectivity index (χ3v) is 2.89. The maximum absolute atomic E-state index is 13.8. The van der Waals surface area contributed by atoms with Gasteiger partial charge >= 0.3 is 0 Å². The lowest BCUT2D eigenvalue weighted by Gasteiger charge is -2.17. The lowest BCUT2D eigenvalue weighted by molar-refractivity contribution is 0.509. The number of pyridine rings is 1. The quantitative estimate of drug-likeness (QED) is 0.642. The van der Waals surface area contributed by atoms with Gasteiger partial charge < -0.3 is 0 Å². The van der Waals surface area contributed by atoms with Crippen molar-refractivity contribution in [3.05, 3.63) is 65.2 Å². The number of aryl methyl sites for hydroxylation is 1. The molecule has 3 N–H and O–H groups in total. The normalized spacial score (nSPS) is 12.4. The Morgan fingerprint density at radius 3 is 2.89 bits per heavy atom. The van der Waals surface area contributed by atoms with Crippen LogP contribution in [0.2, 0.25) is 0 Å². The van der Waals surface area contributed by atoms with Crippen molar-refractivity contribution in [1.29, 1.82) is 0 Å². The van der Waals surface area contributed by atoms with Gasteiger partial charge in [-0.15, -0.1) is 0 Å². The minimum absolute atomic E-state index is 0.243. The second kappa shape index (κ2) is 5.71. The highest BCUT2D eigenvalue weighted by atomic mass is 19.1. The number of halogens is 1. The van der Waals surface area contributed by atoms with Crippen molar-refractivity contribution in [1.82, 2.24) is 10.4 Å². The second-order valence-corrected chi connectivity index (χ2v) is 4.31. The van der Waals surface area contributed by atoms with Crippen LogP contribution >= 0.6 is 0 Å². The van der Waals surface area contributed by atoms with E-state index < -0.39 is 0 Å². The van der Waals surface area contributed by atoms with E-state index in [4.69, 9.17) is 5.84 Å². The molecule has 0 amide bonds. The molecule has 3 nitrogen and oxygen atoms in total. The van der Waals surface area contributed by atoms with Crippen LogP contribution in [0.4, 0.5) is 4.39 Å². The first-order valence-electron chi connectivity index (χ1n) is 5.82. The maximum atomic E-state index is 13.8. The number of nitrogens with one attached hydrogen (secondary N) is 1. The van der Waals surface area contributed by atoms with Crippen molar-refractivity contribution >= 4 is 0 Å².